The molecule has 268 valence electrons. The first-order valence-electron chi connectivity index (χ1n) is 14.1. The molecule has 2 amide bonds. The van der Waals surface area contributed by atoms with Crippen LogP contribution in [0.4, 0.5) is 0 Å². The van der Waals surface area contributed by atoms with E-state index in [1.807, 2.05) is 0 Å². The van der Waals surface area contributed by atoms with E-state index in [4.69, 9.17) is 18.9 Å². The van der Waals surface area contributed by atoms with E-state index in [-0.39, 0.29) is 0 Å². The SMILES string of the molecule is CC(=O)N[C@H]1[C@H]([C@H](O)[C@H](O)CO)O[C@@](OC[C@@H](O)[C@H](O)[C@H](O[C@@H]2O[C@H](CO)[C@H](O)[C@H](O)[C@H]2O)[C@H](CO)NC(C)=O)(C(=O)O)C[C@@H]1O. The Morgan fingerprint density at radius 2 is 1.54 bits per heavy atom. The van der Waals surface area contributed by atoms with Gasteiger partial charge in [0.25, 0.3) is 5.79 Å². The summed E-state index contributed by atoms with van der Waals surface area (Å²) in [6, 6.07) is -3.08. The first kappa shape index (κ1) is 40.0. The molecule has 46 heavy (non-hydrogen) atoms. The van der Waals surface area contributed by atoms with Gasteiger partial charge in [-0.25, -0.2) is 4.79 Å². The summed E-state index contributed by atoms with van der Waals surface area (Å²) >= 11 is 0. The van der Waals surface area contributed by atoms with Crippen molar-refractivity contribution in [2.24, 2.45) is 0 Å². The number of hydrogen-bond donors (Lipinski definition) is 14. The molecule has 0 saturated carbocycles. The maximum absolute atomic E-state index is 12.4. The summed E-state index contributed by atoms with van der Waals surface area (Å²) < 4.78 is 21.5. The van der Waals surface area contributed by atoms with Crippen molar-refractivity contribution in [3.05, 3.63) is 0 Å². The lowest BCUT2D eigenvalue weighted by Crippen LogP contribution is -2.68. The molecule has 0 aliphatic carbocycles. The van der Waals surface area contributed by atoms with E-state index in [2.05, 4.69) is 10.6 Å². The zero-order valence-electron chi connectivity index (χ0n) is 24.8. The Balaban J connectivity index is 2.36. The summed E-state index contributed by atoms with van der Waals surface area (Å²) in [4.78, 5) is 35.8. The average molecular weight is 677 g/mol. The summed E-state index contributed by atoms with van der Waals surface area (Å²) in [5.74, 6) is -6.34. The number of nitrogens with one attached hydrogen (secondary N) is 2. The predicted octanol–water partition coefficient (Wildman–Crippen LogP) is -8.44. The number of carbonyl (C=O) groups excluding carboxylic acids is 2. The molecule has 15 atom stereocenters. The standard InChI is InChI=1S/C25H44N2O19/c1-8(31)26-10(4-28)21(45-23-20(40)19(39)18(38)14(6-30)44-23)17(37)13(35)7-43-25(24(41)42)3-11(33)15(27-9(2)32)22(46-25)16(36)12(34)5-29/h10-23,28-30,33-40H,3-7H2,1-2H3,(H,26,31)(H,27,32)(H,41,42)/t10-,11-,12+,13+,14+,15+,16+,17-,18-,19-,20+,21+,22+,23-,25+/m0/s1. The lowest BCUT2D eigenvalue weighted by atomic mass is 9.88. The Bertz CT molecular complexity index is 1010. The van der Waals surface area contributed by atoms with Gasteiger partial charge in [-0.05, 0) is 0 Å². The number of rotatable bonds is 16. The fourth-order valence-corrected chi connectivity index (χ4v) is 5.06. The summed E-state index contributed by atoms with van der Waals surface area (Å²) in [5, 5.41) is 127. The predicted molar refractivity (Wildman–Crippen MR) is 144 cm³/mol. The van der Waals surface area contributed by atoms with Crippen molar-refractivity contribution in [2.45, 2.75) is 112 Å². The lowest BCUT2D eigenvalue weighted by Gasteiger charge is -2.47. The van der Waals surface area contributed by atoms with Crippen molar-refractivity contribution in [1.29, 1.82) is 0 Å². The van der Waals surface area contributed by atoms with Gasteiger partial charge in [0.15, 0.2) is 6.29 Å². The molecule has 0 aromatic carbocycles. The van der Waals surface area contributed by atoms with Crippen LogP contribution in [0.15, 0.2) is 0 Å². The topological polar surface area (TPSA) is 355 Å². The van der Waals surface area contributed by atoms with Gasteiger partial charge in [0.05, 0.1) is 44.6 Å². The van der Waals surface area contributed by atoms with Crippen molar-refractivity contribution in [2.75, 3.05) is 26.4 Å². The molecule has 14 N–H and O–H groups in total. The molecule has 21 nitrogen and oxygen atoms in total. The molecule has 0 radical (unpaired) electrons. The number of aliphatic carboxylic acids is 1. The number of carboxylic acid groups (broad SMARTS) is 1. The highest BCUT2D eigenvalue weighted by Crippen LogP contribution is 2.34. The van der Waals surface area contributed by atoms with Crippen LogP contribution in [-0.4, -0.2) is 197 Å². The minimum absolute atomic E-state index is 0.742. The van der Waals surface area contributed by atoms with Gasteiger partial charge in [0.2, 0.25) is 11.8 Å². The minimum atomic E-state index is -2.91. The number of ether oxygens (including phenoxy) is 4. The second-order valence-corrected chi connectivity index (χ2v) is 11.0. The highest BCUT2D eigenvalue weighted by molar-refractivity contribution is 5.76. The van der Waals surface area contributed by atoms with E-state index in [1.54, 1.807) is 0 Å². The van der Waals surface area contributed by atoms with Gasteiger partial charge in [-0.15, -0.1) is 0 Å². The minimum Gasteiger partial charge on any atom is -0.477 e. The van der Waals surface area contributed by atoms with Gasteiger partial charge in [-0.1, -0.05) is 0 Å². The van der Waals surface area contributed by atoms with Gasteiger partial charge in [0, 0.05) is 20.3 Å². The normalized spacial score (nSPS) is 35.7. The van der Waals surface area contributed by atoms with Gasteiger partial charge >= 0.3 is 5.97 Å². The zero-order chi connectivity index (χ0) is 35.1. The molecular formula is C25H44N2O19. The first-order chi connectivity index (χ1) is 21.4. The van der Waals surface area contributed by atoms with Crippen LogP contribution in [0.5, 0.6) is 0 Å². The maximum atomic E-state index is 12.4. The van der Waals surface area contributed by atoms with Crippen LogP contribution in [-0.2, 0) is 33.3 Å². The first-order valence-corrected chi connectivity index (χ1v) is 14.1. The fourth-order valence-electron chi connectivity index (χ4n) is 5.06. The molecule has 0 unspecified atom stereocenters. The molecule has 2 aliphatic rings. The third-order valence-electron chi connectivity index (χ3n) is 7.53. The molecule has 2 aliphatic heterocycles. The Hall–Kier alpha value is -2.19. The zero-order valence-corrected chi connectivity index (χ0v) is 24.8. The molecule has 0 bridgehead atoms. The van der Waals surface area contributed by atoms with Crippen LogP contribution in [0.2, 0.25) is 0 Å². The van der Waals surface area contributed by atoms with E-state index in [0.717, 1.165) is 13.8 Å². The number of aliphatic hydroxyl groups excluding tert-OH is 11. The van der Waals surface area contributed by atoms with E-state index in [1.165, 1.54) is 0 Å². The summed E-state index contributed by atoms with van der Waals surface area (Å²) in [7, 11) is 0. The quantitative estimate of drug-likeness (QED) is 0.0721. The van der Waals surface area contributed by atoms with Gasteiger partial charge in [-0.3, -0.25) is 9.59 Å². The molecule has 2 fully saturated rings. The molecular weight excluding hydrogens is 632 g/mol. The fraction of sp³-hybridized carbons (Fsp3) is 0.880. The Kier molecular flexibility index (Phi) is 15.0. The number of aliphatic hydroxyl groups is 11. The molecule has 2 saturated heterocycles. The van der Waals surface area contributed by atoms with Crippen LogP contribution >= 0.6 is 0 Å². The summed E-state index contributed by atoms with van der Waals surface area (Å²) in [6.45, 7) is -1.96. The van der Waals surface area contributed by atoms with Crippen LogP contribution in [0.1, 0.15) is 20.3 Å². The second-order valence-electron chi connectivity index (χ2n) is 11.0. The Morgan fingerprint density at radius 1 is 0.913 bits per heavy atom. The second kappa shape index (κ2) is 17.3. The number of carbonyl (C=O) groups is 3. The van der Waals surface area contributed by atoms with Gasteiger partial charge in [0.1, 0.15) is 61.0 Å². The summed E-state index contributed by atoms with van der Waals surface area (Å²) in [5.41, 5.74) is 0. The van der Waals surface area contributed by atoms with E-state index in [0.29, 0.717) is 0 Å². The van der Waals surface area contributed by atoms with Gasteiger partial charge < -0.3 is 90.9 Å². The molecule has 0 aromatic rings. The molecule has 21 heteroatoms. The monoisotopic (exact) mass is 676 g/mol. The number of amides is 2. The van der Waals surface area contributed by atoms with Crippen LogP contribution < -0.4 is 10.6 Å². The van der Waals surface area contributed by atoms with Crippen LogP contribution in [0.3, 0.4) is 0 Å². The molecule has 2 heterocycles. The summed E-state index contributed by atoms with van der Waals surface area (Å²) in [6.07, 6.45) is -24.2. The average Bonchev–Trinajstić information content (AvgIpc) is 3.00. The van der Waals surface area contributed by atoms with Crippen LogP contribution in [0.25, 0.3) is 0 Å². The maximum Gasteiger partial charge on any atom is 0.364 e. The Labute approximate surface area is 261 Å². The van der Waals surface area contributed by atoms with Crippen LogP contribution in [0, 0.1) is 0 Å². The molecule has 2 rings (SSSR count). The molecule has 0 aromatic heterocycles. The van der Waals surface area contributed by atoms with E-state index in [9.17, 15) is 75.7 Å². The van der Waals surface area contributed by atoms with Crippen molar-refractivity contribution in [3.63, 3.8) is 0 Å². The number of hydrogen-bond acceptors (Lipinski definition) is 18. The van der Waals surface area contributed by atoms with E-state index >= 15 is 0 Å². The smallest absolute Gasteiger partial charge is 0.364 e. The van der Waals surface area contributed by atoms with Crippen molar-refractivity contribution < 1.29 is 94.6 Å². The van der Waals surface area contributed by atoms with Crippen molar-refractivity contribution in [3.8, 4) is 0 Å². The van der Waals surface area contributed by atoms with E-state index < -0.39 is 142 Å². The van der Waals surface area contributed by atoms with Gasteiger partial charge in [-0.2, -0.15) is 0 Å². The highest BCUT2D eigenvalue weighted by atomic mass is 16.7. The Morgan fingerprint density at radius 3 is 2.04 bits per heavy atom. The van der Waals surface area contributed by atoms with Crippen molar-refractivity contribution in [1.82, 2.24) is 10.6 Å². The highest BCUT2D eigenvalue weighted by Gasteiger charge is 2.56. The largest absolute Gasteiger partial charge is 0.477 e. The third-order valence-corrected chi connectivity index (χ3v) is 7.53. The molecule has 0 spiro atoms. The lowest BCUT2D eigenvalue weighted by molar-refractivity contribution is -0.328. The third kappa shape index (κ3) is 9.46. The number of carboxylic acids is 1. The van der Waals surface area contributed by atoms with Crippen molar-refractivity contribution >= 4 is 17.8 Å².